The molecule has 2 aromatic heterocycles. The molecule has 3 heterocycles. The molecule has 0 radical (unpaired) electrons. The average molecular weight is 501 g/mol. The zero-order chi connectivity index (χ0) is 24.6. The molecule has 1 saturated heterocycles. The van der Waals surface area contributed by atoms with E-state index in [0.717, 1.165) is 34.0 Å². The van der Waals surface area contributed by atoms with Gasteiger partial charge in [-0.3, -0.25) is 0 Å². The number of H-pyrrole nitrogens is 1. The fraction of sp³-hybridized carbons (Fsp3) is 0.148. The summed E-state index contributed by atoms with van der Waals surface area (Å²) >= 11 is 0. The van der Waals surface area contributed by atoms with Gasteiger partial charge in [0.15, 0.2) is 0 Å². The van der Waals surface area contributed by atoms with Gasteiger partial charge in [0.25, 0.3) is 0 Å². The largest absolute Gasteiger partial charge is 0.352 e. The van der Waals surface area contributed by atoms with Crippen molar-refractivity contribution in [1.82, 2.24) is 24.6 Å². The van der Waals surface area contributed by atoms with Crippen molar-refractivity contribution in [3.05, 3.63) is 102 Å². The van der Waals surface area contributed by atoms with Gasteiger partial charge in [0.1, 0.15) is 17.9 Å². The molecule has 1 aliphatic heterocycles. The summed E-state index contributed by atoms with van der Waals surface area (Å²) in [5, 5.41) is 4.79. The van der Waals surface area contributed by atoms with Crippen LogP contribution in [-0.2, 0) is 11.2 Å². The number of nitrogens with zero attached hydrogens (tertiary/aromatic N) is 4. The minimum atomic E-state index is -0.400. The van der Waals surface area contributed by atoms with Crippen LogP contribution in [0.25, 0.3) is 28.0 Å². The fourth-order valence-corrected chi connectivity index (χ4v) is 4.81. The van der Waals surface area contributed by atoms with Crippen LogP contribution in [0.3, 0.4) is 0 Å². The molecule has 1 unspecified atom stereocenters. The van der Waals surface area contributed by atoms with Gasteiger partial charge in [-0.05, 0) is 72.6 Å². The van der Waals surface area contributed by atoms with E-state index in [1.807, 2.05) is 12.3 Å². The van der Waals surface area contributed by atoms with E-state index in [-0.39, 0.29) is 11.6 Å². The highest BCUT2D eigenvalue weighted by Gasteiger charge is 2.34. The Labute approximate surface area is 208 Å². The second-order valence-corrected chi connectivity index (χ2v) is 9.25. The van der Waals surface area contributed by atoms with Gasteiger partial charge in [-0.1, -0.05) is 6.07 Å². The van der Waals surface area contributed by atoms with Crippen LogP contribution in [0.4, 0.5) is 8.78 Å². The lowest BCUT2D eigenvalue weighted by atomic mass is 10.1. The molecule has 1 fully saturated rings. The van der Waals surface area contributed by atoms with Gasteiger partial charge in [-0.15, -0.1) is 8.86 Å². The standard InChI is InChI=1S/C27H22F2N5OP/c28-19-4-2-18(3-5-19)26-22(14-34(32-26)21-8-6-20(29)7-9-21)27-33(25(36)15-35-27)12-11-17-1-10-23-24(13-17)31-16-30-23/h1-10,13-14,16,27,36H,11-12,15H2,(H,30,31). The predicted octanol–water partition coefficient (Wildman–Crippen LogP) is 5.54. The van der Waals surface area contributed by atoms with Crippen molar-refractivity contribution in [2.45, 2.75) is 12.6 Å². The molecular formula is C27H22F2N5OP. The van der Waals surface area contributed by atoms with E-state index in [1.54, 1.807) is 35.3 Å². The number of hydrogen-bond donors (Lipinski definition) is 1. The summed E-state index contributed by atoms with van der Waals surface area (Å²) in [6.07, 6.45) is 3.98. The Morgan fingerprint density at radius 1 is 1.00 bits per heavy atom. The third kappa shape index (κ3) is 4.35. The maximum atomic E-state index is 13.7. The van der Waals surface area contributed by atoms with Crippen LogP contribution in [0.2, 0.25) is 0 Å². The Morgan fingerprint density at radius 3 is 2.53 bits per heavy atom. The van der Waals surface area contributed by atoms with E-state index >= 15 is 0 Å². The van der Waals surface area contributed by atoms with E-state index in [4.69, 9.17) is 9.84 Å². The molecule has 36 heavy (non-hydrogen) atoms. The molecule has 9 heteroatoms. The predicted molar refractivity (Wildman–Crippen MR) is 137 cm³/mol. The minimum absolute atomic E-state index is 0.318. The highest BCUT2D eigenvalue weighted by molar-refractivity contribution is 7.21. The van der Waals surface area contributed by atoms with Crippen molar-refractivity contribution in [2.75, 3.05) is 13.2 Å². The Kier molecular flexibility index (Phi) is 5.93. The van der Waals surface area contributed by atoms with Crippen LogP contribution < -0.4 is 0 Å². The lowest BCUT2D eigenvalue weighted by molar-refractivity contribution is 0.0376. The molecule has 6 nitrogen and oxygen atoms in total. The van der Waals surface area contributed by atoms with Gasteiger partial charge < -0.3 is 9.72 Å². The number of benzene rings is 3. The van der Waals surface area contributed by atoms with Gasteiger partial charge in [0.05, 0.1) is 35.3 Å². The summed E-state index contributed by atoms with van der Waals surface area (Å²) in [4.78, 5) is 9.60. The third-order valence-corrected chi connectivity index (χ3v) is 6.78. The van der Waals surface area contributed by atoms with Crippen LogP contribution in [-0.4, -0.2) is 43.2 Å². The number of ether oxygens (including phenoxy) is 1. The van der Waals surface area contributed by atoms with E-state index in [1.165, 1.54) is 29.8 Å². The molecule has 5 aromatic rings. The zero-order valence-electron chi connectivity index (χ0n) is 19.2. The molecule has 6 rings (SSSR count). The Bertz CT molecular complexity index is 1550. The Morgan fingerprint density at radius 2 is 1.75 bits per heavy atom. The SMILES string of the molecule is Fc1ccc(-c2nn(-c3ccc(F)cc3)cc2C2OCC(=P)N2CCc2ccc3nc[nH]c3c2)cc1. The number of fused-ring (bicyclic) bond motifs is 1. The topological polar surface area (TPSA) is 59.0 Å². The molecule has 1 atom stereocenters. The molecule has 0 amide bonds. The van der Waals surface area contributed by atoms with Gasteiger partial charge in [0, 0.05) is 29.3 Å². The first-order valence-electron chi connectivity index (χ1n) is 11.5. The minimum Gasteiger partial charge on any atom is -0.352 e. The molecule has 0 aliphatic carbocycles. The van der Waals surface area contributed by atoms with Crippen molar-refractivity contribution in [3.8, 4) is 16.9 Å². The van der Waals surface area contributed by atoms with Gasteiger partial charge in [-0.25, -0.2) is 23.3 Å². The lowest BCUT2D eigenvalue weighted by Crippen LogP contribution is -2.29. The smallest absolute Gasteiger partial charge is 0.145 e. The average Bonchev–Trinajstić information content (AvgIpc) is 3.62. The quantitative estimate of drug-likeness (QED) is 0.311. The molecule has 180 valence electrons. The maximum Gasteiger partial charge on any atom is 0.145 e. The molecule has 0 saturated carbocycles. The van der Waals surface area contributed by atoms with Gasteiger partial charge in [-0.2, -0.15) is 5.10 Å². The maximum absolute atomic E-state index is 13.7. The van der Waals surface area contributed by atoms with Crippen LogP contribution in [0, 0.1) is 11.6 Å². The van der Waals surface area contributed by atoms with Gasteiger partial charge >= 0.3 is 0 Å². The third-order valence-electron chi connectivity index (χ3n) is 6.35. The van der Waals surface area contributed by atoms with Crippen molar-refractivity contribution in [2.24, 2.45) is 0 Å². The van der Waals surface area contributed by atoms with Crippen molar-refractivity contribution in [3.63, 3.8) is 0 Å². The van der Waals surface area contributed by atoms with Crippen LogP contribution in [0.1, 0.15) is 17.4 Å². The monoisotopic (exact) mass is 501 g/mol. The first-order valence-corrected chi connectivity index (χ1v) is 12.0. The zero-order valence-corrected chi connectivity index (χ0v) is 20.2. The van der Waals surface area contributed by atoms with Crippen LogP contribution >= 0.6 is 8.86 Å². The number of aromatic nitrogens is 4. The van der Waals surface area contributed by atoms with Gasteiger partial charge in [0.2, 0.25) is 0 Å². The number of imidazole rings is 1. The lowest BCUT2D eigenvalue weighted by Gasteiger charge is -2.23. The van der Waals surface area contributed by atoms with Crippen molar-refractivity contribution >= 4 is 25.3 Å². The number of halogens is 2. The second kappa shape index (κ2) is 9.39. The first-order chi connectivity index (χ1) is 17.5. The van der Waals surface area contributed by atoms with E-state index in [2.05, 4.69) is 35.9 Å². The molecule has 0 spiro atoms. The molecule has 1 aliphatic rings. The van der Waals surface area contributed by atoms with Crippen LogP contribution in [0.15, 0.2) is 79.3 Å². The highest BCUT2D eigenvalue weighted by Crippen LogP contribution is 2.36. The summed E-state index contributed by atoms with van der Waals surface area (Å²) in [7, 11) is 3.74. The number of aromatic amines is 1. The fourth-order valence-electron chi connectivity index (χ4n) is 4.50. The first kappa shape index (κ1) is 22.7. The van der Waals surface area contributed by atoms with Crippen LogP contribution in [0.5, 0.6) is 0 Å². The van der Waals surface area contributed by atoms with E-state index in [9.17, 15) is 8.78 Å². The van der Waals surface area contributed by atoms with E-state index in [0.29, 0.717) is 24.5 Å². The molecule has 1 N–H and O–H groups in total. The summed E-state index contributed by atoms with van der Waals surface area (Å²) in [6.45, 7) is 1.12. The second-order valence-electron chi connectivity index (χ2n) is 8.67. The summed E-state index contributed by atoms with van der Waals surface area (Å²) in [5.74, 6) is -0.635. The van der Waals surface area contributed by atoms with Crippen molar-refractivity contribution in [1.29, 1.82) is 0 Å². The van der Waals surface area contributed by atoms with E-state index < -0.39 is 6.23 Å². The molecule has 0 bridgehead atoms. The summed E-state index contributed by atoms with van der Waals surface area (Å²) < 4.78 is 35.1. The number of nitrogens with one attached hydrogen (secondary N) is 1. The molecule has 3 aromatic carbocycles. The Hall–Kier alpha value is -3.71. The summed E-state index contributed by atoms with van der Waals surface area (Å²) in [5.41, 5.74) is 7.04. The van der Waals surface area contributed by atoms with Crippen molar-refractivity contribution < 1.29 is 13.5 Å². The Balaban J connectivity index is 1.34. The molecular weight excluding hydrogens is 479 g/mol. The number of hydrogen-bond acceptors (Lipinski definition) is 3. The highest BCUT2D eigenvalue weighted by atomic mass is 31.0. The number of rotatable bonds is 6. The normalized spacial score (nSPS) is 16.3. The summed E-state index contributed by atoms with van der Waals surface area (Å²) in [6, 6.07) is 18.6.